The van der Waals surface area contributed by atoms with Crippen molar-refractivity contribution < 1.29 is 80.5 Å². The molecule has 0 heterocycles. The number of hydrogen-bond acceptors (Lipinski definition) is 1. The van der Waals surface area contributed by atoms with Crippen molar-refractivity contribution in [3.8, 4) is 0 Å². The van der Waals surface area contributed by atoms with Gasteiger partial charge in [0.1, 0.15) is 12.1 Å². The van der Waals surface area contributed by atoms with Crippen molar-refractivity contribution in [1.29, 1.82) is 0 Å². The van der Waals surface area contributed by atoms with Gasteiger partial charge in [0.25, 0.3) is 0 Å². The predicted octanol–water partition coefficient (Wildman–Crippen LogP) is -11.9. The van der Waals surface area contributed by atoms with E-state index in [2.05, 4.69) is 0 Å². The third kappa shape index (κ3) is 10.6. The Morgan fingerprint density at radius 2 is 1.47 bits per heavy atom. The van der Waals surface area contributed by atoms with Gasteiger partial charge in [-0.25, -0.2) is 0 Å². The van der Waals surface area contributed by atoms with Crippen molar-refractivity contribution in [2.24, 2.45) is 0 Å². The Balaban J connectivity index is -0.0000000960. The molecule has 0 aliphatic rings. The van der Waals surface area contributed by atoms with Gasteiger partial charge in [-0.2, -0.15) is 0 Å². The van der Waals surface area contributed by atoms with E-state index in [0.29, 0.717) is 6.54 Å². The van der Waals surface area contributed by atoms with Crippen molar-refractivity contribution in [1.82, 2.24) is 0 Å². The maximum atomic E-state index is 9.95. The van der Waals surface area contributed by atoms with E-state index in [4.69, 9.17) is 0 Å². The van der Waals surface area contributed by atoms with Crippen LogP contribution < -0.4 is 54.9 Å². The molecule has 1 unspecified atom stereocenters. The molecule has 7 heteroatoms. The van der Waals surface area contributed by atoms with Gasteiger partial charge in [0.15, 0.2) is 0 Å². The number of quaternary nitrogens is 1. The molecule has 0 aromatic heterocycles. The number of likely N-dealkylation sites (N-methyl/N-ethyl adjacent to an activating group) is 1. The molecule has 3 N–H and O–H groups in total. The summed E-state index contributed by atoms with van der Waals surface area (Å²) in [5, 5.41) is 11.9. The Bertz CT molecular complexity index is 249. The van der Waals surface area contributed by atoms with Crippen LogP contribution in [0.25, 0.3) is 0 Å². The van der Waals surface area contributed by atoms with E-state index >= 15 is 0 Å². The maximum Gasteiger partial charge on any atom is 2.00 e. The van der Waals surface area contributed by atoms with Gasteiger partial charge in [-0.15, -0.1) is 0 Å². The first-order chi connectivity index (χ1) is 5.67. The minimum atomic E-state index is -0.712. The molecule has 0 amide bonds. The molecule has 1 rings (SSSR count). The Morgan fingerprint density at radius 1 is 1.06 bits per heavy atom. The van der Waals surface area contributed by atoms with E-state index in [-0.39, 0.29) is 70.1 Å². The van der Waals surface area contributed by atoms with E-state index < -0.39 is 5.60 Å². The number of rotatable bonds is 3. The summed E-state index contributed by atoms with van der Waals surface area (Å²) in [6.07, 6.45) is 0. The van der Waals surface area contributed by atoms with Crippen LogP contribution in [0.15, 0.2) is 30.3 Å². The molecule has 0 radical (unpaired) electrons. The number of benzene rings is 1. The minimum Gasteiger partial charge on any atom is -1.00 e. The molecule has 0 saturated carbocycles. The summed E-state index contributed by atoms with van der Waals surface area (Å²) in [4.78, 5) is 0. The van der Waals surface area contributed by atoms with Crippen LogP contribution in [0, 0.1) is 0 Å². The van der Waals surface area contributed by atoms with E-state index in [1.165, 1.54) is 0 Å². The molecular formula is C10H16Cl4NOPd-. The van der Waals surface area contributed by atoms with Gasteiger partial charge in [0.05, 0.1) is 7.05 Å². The van der Waals surface area contributed by atoms with Crippen LogP contribution in [0.5, 0.6) is 0 Å². The quantitative estimate of drug-likeness (QED) is 0.474. The summed E-state index contributed by atoms with van der Waals surface area (Å²) in [7, 11) is 1.96. The Hall–Kier alpha value is 0.962. The van der Waals surface area contributed by atoms with Crippen LogP contribution in [-0.4, -0.2) is 18.7 Å². The summed E-state index contributed by atoms with van der Waals surface area (Å²) >= 11 is 0. The van der Waals surface area contributed by atoms with Crippen LogP contribution in [0.4, 0.5) is 0 Å². The Kier molecular flexibility index (Phi) is 27.2. The molecule has 0 saturated heterocycles. The van der Waals surface area contributed by atoms with Gasteiger partial charge in [-0.1, -0.05) is 30.3 Å². The zero-order chi connectivity index (χ0) is 9.03. The van der Waals surface area contributed by atoms with Gasteiger partial charge in [0.2, 0.25) is 0 Å². The van der Waals surface area contributed by atoms with Gasteiger partial charge in [-0.3, -0.25) is 0 Å². The Labute approximate surface area is 142 Å². The molecule has 0 bridgehead atoms. The summed E-state index contributed by atoms with van der Waals surface area (Å²) in [6, 6.07) is 9.74. The molecule has 1 aromatic carbocycles. The molecule has 1 aromatic rings. The van der Waals surface area contributed by atoms with Crippen LogP contribution in [0.3, 0.4) is 0 Å². The van der Waals surface area contributed by atoms with Crippen molar-refractivity contribution in [3.05, 3.63) is 35.9 Å². The summed E-state index contributed by atoms with van der Waals surface area (Å²) < 4.78 is 0. The molecule has 0 spiro atoms. The van der Waals surface area contributed by atoms with E-state index in [1.807, 2.05) is 49.6 Å². The minimum absolute atomic E-state index is 0. The first-order valence-electron chi connectivity index (χ1n) is 4.22. The molecule has 0 aliphatic heterocycles. The van der Waals surface area contributed by atoms with Gasteiger partial charge in [0, 0.05) is 0 Å². The molecule has 106 valence electrons. The number of nitrogens with two attached hydrogens (primary N) is 1. The average Bonchev–Trinajstić information content (AvgIpc) is 2.06. The zero-order valence-electron chi connectivity index (χ0n) is 9.45. The first-order valence-corrected chi connectivity index (χ1v) is 4.22. The van der Waals surface area contributed by atoms with Crippen molar-refractivity contribution >= 4 is 0 Å². The second-order valence-electron chi connectivity index (χ2n) is 3.25. The van der Waals surface area contributed by atoms with Crippen molar-refractivity contribution in [3.63, 3.8) is 0 Å². The standard InChI is InChI=1S/C10H15NO.4ClH.Pd/c1-10(12,8-11-2)9-6-4-3-5-7-9;;;;;/h3-7,11-12H,8H2,1-2H3;4*1H;/q;;;;;+2/p-3. The predicted molar refractivity (Wildman–Crippen MR) is 48.7 cm³/mol. The first kappa shape index (κ1) is 30.8. The normalized spacial score (nSPS) is 11.0. The fourth-order valence-electron chi connectivity index (χ4n) is 1.31. The number of aliphatic hydroxyl groups is 1. The van der Waals surface area contributed by atoms with Crippen LogP contribution in [0.1, 0.15) is 12.5 Å². The summed E-state index contributed by atoms with van der Waals surface area (Å²) in [5.74, 6) is 0. The molecule has 2 nitrogen and oxygen atoms in total. The molecular weight excluding hydrogens is 398 g/mol. The monoisotopic (exact) mass is 412 g/mol. The topological polar surface area (TPSA) is 36.8 Å². The largest absolute Gasteiger partial charge is 2.00 e. The fourth-order valence-corrected chi connectivity index (χ4v) is 1.31. The Morgan fingerprint density at radius 3 is 1.82 bits per heavy atom. The van der Waals surface area contributed by atoms with Crippen molar-refractivity contribution in [2.45, 2.75) is 12.5 Å². The number of halogens is 4. The second-order valence-corrected chi connectivity index (χ2v) is 3.25. The molecule has 17 heavy (non-hydrogen) atoms. The van der Waals surface area contributed by atoms with Gasteiger partial charge >= 0.3 is 20.4 Å². The van der Waals surface area contributed by atoms with Crippen LogP contribution >= 0.6 is 0 Å². The smallest absolute Gasteiger partial charge is 1.00 e. The SMILES string of the molecule is C[NH2+]CC(C)(O)c1ccccc1.[Cl-].[Cl-].[Cl-].[Cl-].[Pd+2]. The van der Waals surface area contributed by atoms with Crippen LogP contribution in [0.2, 0.25) is 0 Å². The van der Waals surface area contributed by atoms with Gasteiger partial charge in [-0.05, 0) is 12.5 Å². The van der Waals surface area contributed by atoms with E-state index in [9.17, 15) is 5.11 Å². The third-order valence-electron chi connectivity index (χ3n) is 2.00. The molecule has 0 fully saturated rings. The maximum absolute atomic E-state index is 9.95. The fraction of sp³-hybridized carbons (Fsp3) is 0.400. The van der Waals surface area contributed by atoms with E-state index in [1.54, 1.807) is 0 Å². The van der Waals surface area contributed by atoms with E-state index in [0.717, 1.165) is 5.56 Å². The van der Waals surface area contributed by atoms with Crippen molar-refractivity contribution in [2.75, 3.05) is 13.6 Å². The van der Waals surface area contributed by atoms with Gasteiger partial charge < -0.3 is 60.1 Å². The number of hydrogen-bond donors (Lipinski definition) is 2. The summed E-state index contributed by atoms with van der Waals surface area (Å²) in [5.41, 5.74) is 0.263. The third-order valence-corrected chi connectivity index (χ3v) is 2.00. The zero-order valence-corrected chi connectivity index (χ0v) is 14.0. The van der Waals surface area contributed by atoms with Crippen LogP contribution in [-0.2, 0) is 26.0 Å². The molecule has 0 aliphatic carbocycles. The second kappa shape index (κ2) is 15.0. The summed E-state index contributed by atoms with van der Waals surface area (Å²) in [6.45, 7) is 2.53. The average molecular weight is 414 g/mol. The molecule has 1 atom stereocenters.